The van der Waals surface area contributed by atoms with Crippen molar-refractivity contribution in [2.45, 2.75) is 26.8 Å². The molecule has 2 rings (SSSR count). The summed E-state index contributed by atoms with van der Waals surface area (Å²) in [6.07, 6.45) is 2.43. The fourth-order valence-electron chi connectivity index (χ4n) is 1.72. The van der Waals surface area contributed by atoms with E-state index < -0.39 is 0 Å². The average molecular weight is 416 g/mol. The molecular weight excluding hydrogens is 395 g/mol. The molecule has 0 radical (unpaired) electrons. The molecule has 2 aromatic heterocycles. The summed E-state index contributed by atoms with van der Waals surface area (Å²) in [6.45, 7) is 5.84. The number of hydrogen-bond donors (Lipinski definition) is 2. The zero-order valence-electron chi connectivity index (χ0n) is 12.7. The second-order valence-electron chi connectivity index (χ2n) is 4.43. The molecule has 2 N–H and O–H groups in total. The number of halogens is 1. The zero-order chi connectivity index (χ0) is 14.9. The van der Waals surface area contributed by atoms with Crippen molar-refractivity contribution in [3.63, 3.8) is 0 Å². The summed E-state index contributed by atoms with van der Waals surface area (Å²) >= 11 is 0. The lowest BCUT2D eigenvalue weighted by Crippen LogP contribution is -2.38. The molecule has 0 bridgehead atoms. The summed E-state index contributed by atoms with van der Waals surface area (Å²) in [5, 5.41) is 10.2. The van der Waals surface area contributed by atoms with E-state index in [0.717, 1.165) is 18.2 Å². The minimum Gasteiger partial charge on any atom is -0.357 e. The van der Waals surface area contributed by atoms with Crippen molar-refractivity contribution < 1.29 is 4.52 Å². The van der Waals surface area contributed by atoms with Gasteiger partial charge in [-0.1, -0.05) is 11.2 Å². The molecule has 0 aliphatic rings. The van der Waals surface area contributed by atoms with E-state index in [0.29, 0.717) is 31.2 Å². The Morgan fingerprint density at radius 2 is 2.18 bits per heavy atom. The van der Waals surface area contributed by atoms with Gasteiger partial charge in [-0.2, -0.15) is 4.98 Å². The topological polar surface area (TPSA) is 88.2 Å². The van der Waals surface area contributed by atoms with E-state index in [1.165, 1.54) is 0 Å². The predicted molar refractivity (Wildman–Crippen MR) is 95.2 cm³/mol. The molecular formula is C14H21IN6O. The van der Waals surface area contributed by atoms with Crippen LogP contribution < -0.4 is 10.6 Å². The van der Waals surface area contributed by atoms with E-state index in [1.807, 2.05) is 25.1 Å². The van der Waals surface area contributed by atoms with Crippen LogP contribution >= 0.6 is 24.0 Å². The fraction of sp³-hybridized carbons (Fsp3) is 0.429. The van der Waals surface area contributed by atoms with E-state index in [1.54, 1.807) is 13.1 Å². The second kappa shape index (κ2) is 10.1. The van der Waals surface area contributed by atoms with Crippen molar-refractivity contribution in [1.29, 1.82) is 0 Å². The Balaban J connectivity index is 0.00000242. The Bertz CT molecular complexity index is 572. The van der Waals surface area contributed by atoms with Crippen LogP contribution in [0.1, 0.15) is 24.3 Å². The van der Waals surface area contributed by atoms with Crippen LogP contribution in [-0.2, 0) is 13.0 Å². The van der Waals surface area contributed by atoms with Gasteiger partial charge in [0.05, 0.1) is 12.2 Å². The molecule has 7 nitrogen and oxygen atoms in total. The first-order chi connectivity index (χ1) is 10.3. The number of pyridine rings is 1. The van der Waals surface area contributed by atoms with Crippen LogP contribution in [0.2, 0.25) is 0 Å². The van der Waals surface area contributed by atoms with E-state index in [9.17, 15) is 0 Å². The SMILES string of the molecule is CCNC(=NCc1ccccn1)NCCc1nc(C)no1.I. The van der Waals surface area contributed by atoms with Gasteiger partial charge in [0.15, 0.2) is 11.8 Å². The van der Waals surface area contributed by atoms with Gasteiger partial charge in [0, 0.05) is 25.7 Å². The summed E-state index contributed by atoms with van der Waals surface area (Å²) in [4.78, 5) is 12.9. The lowest BCUT2D eigenvalue weighted by Gasteiger charge is -2.10. The molecule has 8 heteroatoms. The number of aryl methyl sites for hydroxylation is 1. The van der Waals surface area contributed by atoms with Gasteiger partial charge in [-0.15, -0.1) is 24.0 Å². The van der Waals surface area contributed by atoms with Gasteiger partial charge in [0.1, 0.15) is 0 Å². The Labute approximate surface area is 147 Å². The van der Waals surface area contributed by atoms with E-state index in [-0.39, 0.29) is 24.0 Å². The monoisotopic (exact) mass is 416 g/mol. The van der Waals surface area contributed by atoms with Crippen molar-refractivity contribution in [1.82, 2.24) is 25.8 Å². The van der Waals surface area contributed by atoms with Gasteiger partial charge in [0.2, 0.25) is 5.89 Å². The van der Waals surface area contributed by atoms with Gasteiger partial charge in [-0.3, -0.25) is 4.98 Å². The van der Waals surface area contributed by atoms with Gasteiger partial charge >= 0.3 is 0 Å². The van der Waals surface area contributed by atoms with E-state index in [2.05, 4.69) is 30.8 Å². The fourth-order valence-corrected chi connectivity index (χ4v) is 1.72. The van der Waals surface area contributed by atoms with E-state index >= 15 is 0 Å². The summed E-state index contributed by atoms with van der Waals surface area (Å²) in [5.41, 5.74) is 0.933. The maximum Gasteiger partial charge on any atom is 0.228 e. The lowest BCUT2D eigenvalue weighted by atomic mass is 10.3. The van der Waals surface area contributed by atoms with Crippen molar-refractivity contribution in [2.24, 2.45) is 4.99 Å². The maximum atomic E-state index is 5.06. The Morgan fingerprint density at radius 1 is 1.32 bits per heavy atom. The zero-order valence-corrected chi connectivity index (χ0v) is 15.1. The highest BCUT2D eigenvalue weighted by Crippen LogP contribution is 1.97. The van der Waals surface area contributed by atoms with Gasteiger partial charge in [0.25, 0.3) is 0 Å². The first-order valence-electron chi connectivity index (χ1n) is 6.99. The Hall–Kier alpha value is -1.71. The molecule has 0 spiro atoms. The van der Waals surface area contributed by atoms with Crippen LogP contribution in [0, 0.1) is 6.92 Å². The summed E-state index contributed by atoms with van der Waals surface area (Å²) in [6, 6.07) is 5.80. The van der Waals surface area contributed by atoms with Crippen molar-refractivity contribution >= 4 is 29.9 Å². The van der Waals surface area contributed by atoms with Crippen LogP contribution in [0.25, 0.3) is 0 Å². The van der Waals surface area contributed by atoms with E-state index in [4.69, 9.17) is 4.52 Å². The third kappa shape index (κ3) is 6.37. The molecule has 0 saturated heterocycles. The summed E-state index contributed by atoms with van der Waals surface area (Å²) in [5.74, 6) is 2.03. The number of nitrogens with zero attached hydrogens (tertiary/aromatic N) is 4. The molecule has 0 fully saturated rings. The van der Waals surface area contributed by atoms with Crippen LogP contribution in [0.15, 0.2) is 33.9 Å². The van der Waals surface area contributed by atoms with Gasteiger partial charge in [-0.05, 0) is 26.0 Å². The number of guanidine groups is 1. The molecule has 22 heavy (non-hydrogen) atoms. The van der Waals surface area contributed by atoms with Gasteiger partial charge < -0.3 is 15.2 Å². The molecule has 0 aliphatic heterocycles. The minimum absolute atomic E-state index is 0. The maximum absolute atomic E-state index is 5.06. The number of nitrogens with one attached hydrogen (secondary N) is 2. The quantitative estimate of drug-likeness (QED) is 0.424. The summed E-state index contributed by atoms with van der Waals surface area (Å²) < 4.78 is 5.06. The highest BCUT2D eigenvalue weighted by atomic mass is 127. The van der Waals surface area contributed by atoms with Crippen LogP contribution in [-0.4, -0.2) is 34.2 Å². The normalized spacial score (nSPS) is 10.9. The molecule has 120 valence electrons. The standard InChI is InChI=1S/C14H20N6O.HI/c1-3-15-14(18-10-12-6-4-5-8-16-12)17-9-7-13-19-11(2)20-21-13;/h4-6,8H,3,7,9-10H2,1-2H3,(H2,15,17,18);1H. The molecule has 2 aromatic rings. The first-order valence-corrected chi connectivity index (χ1v) is 6.99. The molecule has 2 heterocycles. The molecule has 0 unspecified atom stereocenters. The Kier molecular flexibility index (Phi) is 8.41. The van der Waals surface area contributed by atoms with Gasteiger partial charge in [-0.25, -0.2) is 4.99 Å². The summed E-state index contributed by atoms with van der Waals surface area (Å²) in [7, 11) is 0. The molecule has 0 atom stereocenters. The van der Waals surface area contributed by atoms with Crippen LogP contribution in [0.5, 0.6) is 0 Å². The molecule has 0 amide bonds. The van der Waals surface area contributed by atoms with Crippen LogP contribution in [0.3, 0.4) is 0 Å². The highest BCUT2D eigenvalue weighted by Gasteiger charge is 2.03. The average Bonchev–Trinajstić information content (AvgIpc) is 2.91. The van der Waals surface area contributed by atoms with Crippen molar-refractivity contribution in [2.75, 3.05) is 13.1 Å². The first kappa shape index (κ1) is 18.3. The largest absolute Gasteiger partial charge is 0.357 e. The number of aromatic nitrogens is 3. The second-order valence-corrected chi connectivity index (χ2v) is 4.43. The van der Waals surface area contributed by atoms with Crippen LogP contribution in [0.4, 0.5) is 0 Å². The van der Waals surface area contributed by atoms with Crippen molar-refractivity contribution in [3.05, 3.63) is 41.8 Å². The number of aliphatic imine (C=N–C) groups is 1. The molecule has 0 aliphatic carbocycles. The highest BCUT2D eigenvalue weighted by molar-refractivity contribution is 14.0. The third-order valence-corrected chi connectivity index (χ3v) is 2.67. The molecule has 0 saturated carbocycles. The third-order valence-electron chi connectivity index (χ3n) is 2.67. The smallest absolute Gasteiger partial charge is 0.228 e. The Morgan fingerprint density at radius 3 is 2.82 bits per heavy atom. The number of rotatable bonds is 6. The molecule has 0 aromatic carbocycles. The van der Waals surface area contributed by atoms with Crippen molar-refractivity contribution in [3.8, 4) is 0 Å². The lowest BCUT2D eigenvalue weighted by molar-refractivity contribution is 0.374. The predicted octanol–water partition coefficient (Wildman–Crippen LogP) is 1.69. The number of hydrogen-bond acceptors (Lipinski definition) is 5. The minimum atomic E-state index is 0.